The van der Waals surface area contributed by atoms with Crippen LogP contribution in [0.5, 0.6) is 0 Å². The van der Waals surface area contributed by atoms with Crippen LogP contribution in [-0.2, 0) is 9.59 Å². The summed E-state index contributed by atoms with van der Waals surface area (Å²) < 4.78 is 0. The minimum atomic E-state index is -0.167. The molecule has 2 amide bonds. The van der Waals surface area contributed by atoms with E-state index in [1.54, 1.807) is 4.90 Å². The zero-order valence-corrected chi connectivity index (χ0v) is 20.4. The minimum absolute atomic E-state index is 0.111. The first-order valence-electron chi connectivity index (χ1n) is 11.6. The SMILES string of the molecule is Cc1ccc(N2C(=O)/C(=C/c3ccc(C(C)C)cc3)N=C2SCC(=O)N2CCCCC2)cc1. The van der Waals surface area contributed by atoms with Gasteiger partial charge in [0.15, 0.2) is 5.17 Å². The lowest BCUT2D eigenvalue weighted by Crippen LogP contribution is -2.38. The van der Waals surface area contributed by atoms with Gasteiger partial charge in [0.1, 0.15) is 5.70 Å². The predicted molar refractivity (Wildman–Crippen MR) is 137 cm³/mol. The molecule has 2 heterocycles. The molecular formula is C27H31N3O2S. The molecule has 0 unspecified atom stereocenters. The number of piperidine rings is 1. The van der Waals surface area contributed by atoms with Gasteiger partial charge in [0, 0.05) is 13.1 Å². The minimum Gasteiger partial charge on any atom is -0.342 e. The Hall–Kier alpha value is -2.86. The average Bonchev–Trinajstić information content (AvgIpc) is 3.13. The third kappa shape index (κ3) is 5.56. The van der Waals surface area contributed by atoms with E-state index in [0.717, 1.165) is 42.7 Å². The van der Waals surface area contributed by atoms with Crippen LogP contribution in [-0.4, -0.2) is 40.7 Å². The highest BCUT2D eigenvalue weighted by atomic mass is 32.2. The fourth-order valence-electron chi connectivity index (χ4n) is 4.01. The number of benzene rings is 2. The molecule has 0 aliphatic carbocycles. The van der Waals surface area contributed by atoms with Crippen molar-refractivity contribution in [1.82, 2.24) is 4.90 Å². The van der Waals surface area contributed by atoms with Crippen molar-refractivity contribution >= 4 is 40.5 Å². The summed E-state index contributed by atoms with van der Waals surface area (Å²) in [5.74, 6) is 0.681. The second-order valence-electron chi connectivity index (χ2n) is 8.95. The van der Waals surface area contributed by atoms with Crippen molar-refractivity contribution < 1.29 is 9.59 Å². The van der Waals surface area contributed by atoms with Crippen LogP contribution in [0, 0.1) is 6.92 Å². The van der Waals surface area contributed by atoms with Crippen molar-refractivity contribution in [2.24, 2.45) is 4.99 Å². The largest absolute Gasteiger partial charge is 0.342 e. The highest BCUT2D eigenvalue weighted by Crippen LogP contribution is 2.30. The van der Waals surface area contributed by atoms with E-state index in [1.807, 2.05) is 54.3 Å². The van der Waals surface area contributed by atoms with Crippen LogP contribution in [0.1, 0.15) is 55.7 Å². The highest BCUT2D eigenvalue weighted by molar-refractivity contribution is 8.14. The first-order chi connectivity index (χ1) is 15.9. The average molecular weight is 462 g/mol. The lowest BCUT2D eigenvalue weighted by atomic mass is 10.0. The zero-order valence-electron chi connectivity index (χ0n) is 19.6. The number of thioether (sulfide) groups is 1. The summed E-state index contributed by atoms with van der Waals surface area (Å²) >= 11 is 1.34. The van der Waals surface area contributed by atoms with Crippen molar-refractivity contribution in [3.05, 3.63) is 70.9 Å². The molecule has 0 bridgehead atoms. The molecule has 2 aromatic rings. The third-order valence-electron chi connectivity index (χ3n) is 6.06. The van der Waals surface area contributed by atoms with Crippen molar-refractivity contribution in [2.45, 2.75) is 46.0 Å². The van der Waals surface area contributed by atoms with Crippen LogP contribution >= 0.6 is 11.8 Å². The molecule has 2 aliphatic heterocycles. The molecular weight excluding hydrogens is 430 g/mol. The van der Waals surface area contributed by atoms with Gasteiger partial charge in [-0.25, -0.2) is 4.99 Å². The molecule has 0 saturated carbocycles. The molecule has 4 rings (SSSR count). The predicted octanol–water partition coefficient (Wildman–Crippen LogP) is 5.61. The summed E-state index contributed by atoms with van der Waals surface area (Å²) in [6.07, 6.45) is 5.14. The topological polar surface area (TPSA) is 53.0 Å². The molecule has 5 nitrogen and oxygen atoms in total. The summed E-state index contributed by atoms with van der Waals surface area (Å²) in [5, 5.41) is 0.555. The maximum absolute atomic E-state index is 13.4. The molecule has 0 atom stereocenters. The van der Waals surface area contributed by atoms with Gasteiger partial charge in [-0.1, -0.05) is 67.6 Å². The van der Waals surface area contributed by atoms with Gasteiger partial charge in [0.25, 0.3) is 5.91 Å². The van der Waals surface area contributed by atoms with E-state index in [0.29, 0.717) is 16.8 Å². The third-order valence-corrected chi connectivity index (χ3v) is 6.99. The zero-order chi connectivity index (χ0) is 23.4. The lowest BCUT2D eigenvalue weighted by Gasteiger charge is -2.26. The molecule has 172 valence electrons. The number of rotatable bonds is 5. The molecule has 1 saturated heterocycles. The molecule has 1 fully saturated rings. The Morgan fingerprint density at radius 1 is 1.03 bits per heavy atom. The number of likely N-dealkylation sites (tertiary alicyclic amines) is 1. The lowest BCUT2D eigenvalue weighted by molar-refractivity contribution is -0.129. The summed E-state index contributed by atoms with van der Waals surface area (Å²) in [6.45, 7) is 7.98. The van der Waals surface area contributed by atoms with Crippen molar-refractivity contribution in [1.29, 1.82) is 0 Å². The number of hydrogen-bond acceptors (Lipinski definition) is 4. The number of aliphatic imine (C=N–C) groups is 1. The maximum Gasteiger partial charge on any atom is 0.283 e. The Bertz CT molecular complexity index is 1070. The van der Waals surface area contributed by atoms with Crippen LogP contribution in [0.3, 0.4) is 0 Å². The number of amidine groups is 1. The molecule has 2 aromatic carbocycles. The van der Waals surface area contributed by atoms with Crippen LogP contribution in [0.15, 0.2) is 59.2 Å². The normalized spacial score (nSPS) is 17.8. The summed E-state index contributed by atoms with van der Waals surface area (Å²) in [7, 11) is 0. The van der Waals surface area contributed by atoms with E-state index in [4.69, 9.17) is 0 Å². The summed E-state index contributed by atoms with van der Waals surface area (Å²) in [5.41, 5.74) is 4.47. The number of amides is 2. The van der Waals surface area contributed by atoms with E-state index in [9.17, 15) is 9.59 Å². The first kappa shape index (κ1) is 23.3. The van der Waals surface area contributed by atoms with E-state index in [2.05, 4.69) is 31.0 Å². The van der Waals surface area contributed by atoms with Gasteiger partial charge in [-0.15, -0.1) is 0 Å². The Kier molecular flexibility index (Phi) is 7.33. The van der Waals surface area contributed by atoms with Gasteiger partial charge in [-0.2, -0.15) is 0 Å². The molecule has 0 spiro atoms. The number of carbonyl (C=O) groups excluding carboxylic acids is 2. The second-order valence-corrected chi connectivity index (χ2v) is 9.89. The Balaban J connectivity index is 1.58. The number of hydrogen-bond donors (Lipinski definition) is 0. The second kappa shape index (κ2) is 10.4. The van der Waals surface area contributed by atoms with Gasteiger partial charge in [0.2, 0.25) is 5.91 Å². The summed E-state index contributed by atoms with van der Waals surface area (Å²) in [6, 6.07) is 16.0. The van der Waals surface area contributed by atoms with E-state index in [-0.39, 0.29) is 17.6 Å². The van der Waals surface area contributed by atoms with Crippen LogP contribution in [0.2, 0.25) is 0 Å². The van der Waals surface area contributed by atoms with Gasteiger partial charge in [-0.3, -0.25) is 14.5 Å². The maximum atomic E-state index is 13.4. The standard InChI is InChI=1S/C27H31N3O2S/c1-19(2)22-11-9-21(10-12-22)17-24-26(32)30(23-13-7-20(3)8-14-23)27(28-24)33-18-25(31)29-15-5-4-6-16-29/h7-14,17,19H,4-6,15-16,18H2,1-3H3/b24-17-. The number of nitrogens with zero attached hydrogens (tertiary/aromatic N) is 3. The number of aryl methyl sites for hydroxylation is 1. The van der Waals surface area contributed by atoms with E-state index >= 15 is 0 Å². The fraction of sp³-hybridized carbons (Fsp3) is 0.370. The molecule has 0 aromatic heterocycles. The van der Waals surface area contributed by atoms with Gasteiger partial charge in [0.05, 0.1) is 11.4 Å². The van der Waals surface area contributed by atoms with Gasteiger partial charge in [-0.05, 0) is 61.4 Å². The van der Waals surface area contributed by atoms with Crippen LogP contribution in [0.4, 0.5) is 5.69 Å². The van der Waals surface area contributed by atoms with Crippen LogP contribution < -0.4 is 4.90 Å². The smallest absolute Gasteiger partial charge is 0.283 e. The monoisotopic (exact) mass is 461 g/mol. The van der Waals surface area contributed by atoms with Gasteiger partial charge < -0.3 is 4.90 Å². The highest BCUT2D eigenvalue weighted by Gasteiger charge is 2.32. The number of anilines is 1. The molecule has 6 heteroatoms. The first-order valence-corrected chi connectivity index (χ1v) is 12.6. The van der Waals surface area contributed by atoms with E-state index < -0.39 is 0 Å². The quantitative estimate of drug-likeness (QED) is 0.544. The number of carbonyl (C=O) groups is 2. The fourth-order valence-corrected chi connectivity index (χ4v) is 4.93. The van der Waals surface area contributed by atoms with Gasteiger partial charge >= 0.3 is 0 Å². The molecule has 33 heavy (non-hydrogen) atoms. The Morgan fingerprint density at radius 2 is 1.70 bits per heavy atom. The molecule has 0 radical (unpaired) electrons. The molecule has 2 aliphatic rings. The van der Waals surface area contributed by atoms with Crippen molar-refractivity contribution in [2.75, 3.05) is 23.7 Å². The summed E-state index contributed by atoms with van der Waals surface area (Å²) in [4.78, 5) is 34.3. The Labute approximate surface area is 200 Å². The van der Waals surface area contributed by atoms with Crippen molar-refractivity contribution in [3.8, 4) is 0 Å². The van der Waals surface area contributed by atoms with Crippen LogP contribution in [0.25, 0.3) is 6.08 Å². The Morgan fingerprint density at radius 3 is 2.33 bits per heavy atom. The molecule has 0 N–H and O–H groups in total. The van der Waals surface area contributed by atoms with E-state index in [1.165, 1.54) is 23.7 Å². The van der Waals surface area contributed by atoms with Crippen molar-refractivity contribution in [3.63, 3.8) is 0 Å².